The summed E-state index contributed by atoms with van der Waals surface area (Å²) in [6, 6.07) is 33.4. The maximum absolute atomic E-state index is 14.3. The largest absolute Gasteiger partial charge is 0.329 e. The fraction of sp³-hybridized carbons (Fsp3) is 0.229. The van der Waals surface area contributed by atoms with Crippen LogP contribution in [-0.2, 0) is 24.2 Å². The summed E-state index contributed by atoms with van der Waals surface area (Å²) in [6.07, 6.45) is 2.74. The predicted molar refractivity (Wildman–Crippen MR) is 155 cm³/mol. The Balaban J connectivity index is 1.39. The third-order valence-electron chi connectivity index (χ3n) is 8.37. The van der Waals surface area contributed by atoms with E-state index in [1.54, 1.807) is 24.3 Å². The van der Waals surface area contributed by atoms with Gasteiger partial charge in [0.25, 0.3) is 11.8 Å². The van der Waals surface area contributed by atoms with Crippen molar-refractivity contribution in [3.05, 3.63) is 142 Å². The maximum Gasteiger partial charge on any atom is 0.262 e. The molecular weight excluding hydrogens is 496 g/mol. The summed E-state index contributed by atoms with van der Waals surface area (Å²) in [4.78, 5) is 43.7. The zero-order valence-corrected chi connectivity index (χ0v) is 22.6. The Kier molecular flexibility index (Phi) is 7.04. The van der Waals surface area contributed by atoms with Crippen molar-refractivity contribution in [3.63, 3.8) is 0 Å². The van der Waals surface area contributed by atoms with Crippen molar-refractivity contribution in [2.45, 2.75) is 38.8 Å². The second kappa shape index (κ2) is 10.9. The number of amides is 3. The Bertz CT molecular complexity index is 1540. The van der Waals surface area contributed by atoms with E-state index >= 15 is 0 Å². The zero-order chi connectivity index (χ0) is 27.6. The first-order chi connectivity index (χ1) is 19.5. The number of aryl methyl sites for hydroxylation is 2. The number of imide groups is 1. The minimum absolute atomic E-state index is 0.186. The first-order valence-corrected chi connectivity index (χ1v) is 13.9. The van der Waals surface area contributed by atoms with Gasteiger partial charge in [0.2, 0.25) is 5.91 Å². The monoisotopic (exact) mass is 528 g/mol. The molecule has 5 heteroatoms. The number of benzene rings is 4. The summed E-state index contributed by atoms with van der Waals surface area (Å²) in [7, 11) is 0. The molecule has 0 fully saturated rings. The fourth-order valence-electron chi connectivity index (χ4n) is 6.29. The van der Waals surface area contributed by atoms with Crippen molar-refractivity contribution < 1.29 is 14.4 Å². The van der Waals surface area contributed by atoms with Gasteiger partial charge >= 0.3 is 0 Å². The van der Waals surface area contributed by atoms with Gasteiger partial charge in [-0.2, -0.15) is 0 Å². The van der Waals surface area contributed by atoms with Crippen LogP contribution >= 0.6 is 0 Å². The van der Waals surface area contributed by atoms with Crippen LogP contribution in [0.1, 0.15) is 61.0 Å². The Morgan fingerprint density at radius 1 is 0.800 bits per heavy atom. The number of hydrogen-bond donors (Lipinski definition) is 0. The number of hydrogen-bond acceptors (Lipinski definition) is 3. The molecule has 200 valence electrons. The van der Waals surface area contributed by atoms with Crippen LogP contribution in [0.15, 0.2) is 103 Å². The third-order valence-corrected chi connectivity index (χ3v) is 8.37. The highest BCUT2D eigenvalue weighted by molar-refractivity contribution is 6.22. The zero-order valence-electron chi connectivity index (χ0n) is 22.6. The molecule has 2 unspecified atom stereocenters. The molecule has 0 spiro atoms. The van der Waals surface area contributed by atoms with Gasteiger partial charge in [-0.25, -0.2) is 0 Å². The smallest absolute Gasteiger partial charge is 0.262 e. The normalized spacial score (nSPS) is 17.9. The summed E-state index contributed by atoms with van der Waals surface area (Å²) in [5.74, 6) is -0.857. The summed E-state index contributed by atoms with van der Waals surface area (Å²) in [5.41, 5.74) is 6.65. The summed E-state index contributed by atoms with van der Waals surface area (Å²) < 4.78 is 0. The van der Waals surface area contributed by atoms with Crippen LogP contribution in [0, 0.1) is 12.8 Å². The number of fused-ring (bicyclic) bond motifs is 2. The van der Waals surface area contributed by atoms with Crippen LogP contribution in [0.5, 0.6) is 0 Å². The number of carbonyl (C=O) groups excluding carboxylic acids is 3. The molecule has 0 radical (unpaired) electrons. The van der Waals surface area contributed by atoms with E-state index in [1.807, 2.05) is 41.3 Å². The van der Waals surface area contributed by atoms with Gasteiger partial charge in [0.1, 0.15) is 6.54 Å². The quantitative estimate of drug-likeness (QED) is 0.270. The molecular formula is C35H32N2O3. The lowest BCUT2D eigenvalue weighted by Crippen LogP contribution is -2.46. The van der Waals surface area contributed by atoms with E-state index in [4.69, 9.17) is 0 Å². The minimum Gasteiger partial charge on any atom is -0.329 e. The van der Waals surface area contributed by atoms with Crippen LogP contribution in [-0.4, -0.2) is 34.1 Å². The molecule has 0 aromatic heterocycles. The molecule has 2 atom stereocenters. The molecule has 1 heterocycles. The molecule has 6 rings (SSSR count). The standard InChI is InChI=1S/C35H32N2O3/c1-24-11-5-6-15-27(24)21-28-20-19-26-14-7-8-16-29(26)33(28)36(22-25-12-3-2-4-13-25)32(38)23-37-34(39)30-17-9-10-18-31(30)35(37)40/h2-18,28,33H,19-23H2,1H3. The minimum atomic E-state index is -0.408. The fourth-order valence-corrected chi connectivity index (χ4v) is 6.29. The van der Waals surface area contributed by atoms with Gasteiger partial charge in [-0.05, 0) is 72.1 Å². The third kappa shape index (κ3) is 4.84. The molecule has 2 aliphatic rings. The first-order valence-electron chi connectivity index (χ1n) is 13.9. The summed E-state index contributed by atoms with van der Waals surface area (Å²) >= 11 is 0. The van der Waals surface area contributed by atoms with Crippen LogP contribution in [0.25, 0.3) is 0 Å². The molecule has 3 amide bonds. The predicted octanol–water partition coefficient (Wildman–Crippen LogP) is 6.17. The van der Waals surface area contributed by atoms with Crippen molar-refractivity contribution in [2.75, 3.05) is 6.54 Å². The SMILES string of the molecule is Cc1ccccc1CC1CCc2ccccc2C1N(Cc1ccccc1)C(=O)CN1C(=O)c2ccccc2C1=O. The van der Waals surface area contributed by atoms with Crippen molar-refractivity contribution in [2.24, 2.45) is 5.92 Å². The molecule has 4 aromatic carbocycles. The van der Waals surface area contributed by atoms with E-state index in [1.165, 1.54) is 16.7 Å². The highest BCUT2D eigenvalue weighted by atomic mass is 16.2. The van der Waals surface area contributed by atoms with Gasteiger partial charge in [0.05, 0.1) is 17.2 Å². The lowest BCUT2D eigenvalue weighted by molar-refractivity contribution is -0.136. The molecule has 0 saturated heterocycles. The number of nitrogens with zero attached hydrogens (tertiary/aromatic N) is 2. The highest BCUT2D eigenvalue weighted by Crippen LogP contribution is 2.42. The lowest BCUT2D eigenvalue weighted by Gasteiger charge is -2.42. The average Bonchev–Trinajstić information content (AvgIpc) is 3.22. The second-order valence-electron chi connectivity index (χ2n) is 10.8. The molecule has 4 aromatic rings. The van der Waals surface area contributed by atoms with E-state index < -0.39 is 11.8 Å². The van der Waals surface area contributed by atoms with Gasteiger partial charge in [0, 0.05) is 6.54 Å². The molecule has 0 saturated carbocycles. The van der Waals surface area contributed by atoms with Gasteiger partial charge in [0.15, 0.2) is 0 Å². The van der Waals surface area contributed by atoms with Crippen molar-refractivity contribution >= 4 is 17.7 Å². The lowest BCUT2D eigenvalue weighted by atomic mass is 9.75. The van der Waals surface area contributed by atoms with E-state index in [2.05, 4.69) is 49.4 Å². The van der Waals surface area contributed by atoms with E-state index in [9.17, 15) is 14.4 Å². The first kappa shape index (κ1) is 25.8. The Hall–Kier alpha value is -4.51. The highest BCUT2D eigenvalue weighted by Gasteiger charge is 2.41. The van der Waals surface area contributed by atoms with Crippen molar-refractivity contribution in [3.8, 4) is 0 Å². The second-order valence-corrected chi connectivity index (χ2v) is 10.8. The van der Waals surface area contributed by atoms with Crippen molar-refractivity contribution in [1.29, 1.82) is 0 Å². The molecule has 0 bridgehead atoms. The van der Waals surface area contributed by atoms with Crippen LogP contribution in [0.2, 0.25) is 0 Å². The molecule has 0 N–H and O–H groups in total. The van der Waals surface area contributed by atoms with Gasteiger partial charge in [-0.3, -0.25) is 19.3 Å². The average molecular weight is 529 g/mol. The summed E-state index contributed by atoms with van der Waals surface area (Å²) in [5, 5.41) is 0. The van der Waals surface area contributed by atoms with Crippen LogP contribution in [0.4, 0.5) is 0 Å². The topological polar surface area (TPSA) is 57.7 Å². The number of rotatable bonds is 7. The van der Waals surface area contributed by atoms with Gasteiger partial charge in [-0.15, -0.1) is 0 Å². The van der Waals surface area contributed by atoms with E-state index in [0.717, 1.165) is 35.3 Å². The Labute approximate surface area is 235 Å². The molecule has 1 aliphatic carbocycles. The Morgan fingerprint density at radius 3 is 2.15 bits per heavy atom. The van der Waals surface area contributed by atoms with Crippen LogP contribution < -0.4 is 0 Å². The van der Waals surface area contributed by atoms with Crippen LogP contribution in [0.3, 0.4) is 0 Å². The molecule has 1 aliphatic heterocycles. The molecule has 40 heavy (non-hydrogen) atoms. The summed E-state index contributed by atoms with van der Waals surface area (Å²) in [6.45, 7) is 2.25. The maximum atomic E-state index is 14.3. The van der Waals surface area contributed by atoms with Gasteiger partial charge < -0.3 is 4.90 Å². The van der Waals surface area contributed by atoms with Gasteiger partial charge in [-0.1, -0.05) is 91.0 Å². The van der Waals surface area contributed by atoms with Crippen molar-refractivity contribution in [1.82, 2.24) is 9.80 Å². The molecule has 5 nitrogen and oxygen atoms in total. The van der Waals surface area contributed by atoms with E-state index in [0.29, 0.717) is 17.7 Å². The number of carbonyl (C=O) groups is 3. The van der Waals surface area contributed by atoms with E-state index in [-0.39, 0.29) is 24.4 Å². The Morgan fingerprint density at radius 2 is 1.43 bits per heavy atom.